The van der Waals surface area contributed by atoms with Crippen molar-refractivity contribution in [2.75, 3.05) is 5.32 Å². The smallest absolute Gasteiger partial charge is 0.0825 e. The molecular weight excluding hydrogens is 346 g/mol. The molecule has 0 bridgehead atoms. The fraction of sp³-hybridized carbons (Fsp3) is 0.250. The van der Waals surface area contributed by atoms with Gasteiger partial charge in [-0.05, 0) is 63.4 Å². The monoisotopic (exact) mass is 357 g/mol. The van der Waals surface area contributed by atoms with E-state index in [1.165, 1.54) is 5.56 Å². The number of aromatic amines is 1. The zero-order chi connectivity index (χ0) is 12.4. The summed E-state index contributed by atoms with van der Waals surface area (Å²) in [6.07, 6.45) is 0. The van der Waals surface area contributed by atoms with Crippen molar-refractivity contribution in [2.45, 2.75) is 20.4 Å². The lowest BCUT2D eigenvalue weighted by atomic mass is 10.2. The second kappa shape index (κ2) is 5.23. The molecule has 2 N–H and O–H groups in total. The van der Waals surface area contributed by atoms with E-state index in [9.17, 15) is 0 Å². The van der Waals surface area contributed by atoms with Crippen LogP contribution in [-0.2, 0) is 6.54 Å². The van der Waals surface area contributed by atoms with Crippen LogP contribution in [0, 0.1) is 13.8 Å². The number of H-pyrrole nitrogens is 1. The van der Waals surface area contributed by atoms with Gasteiger partial charge in [0.2, 0.25) is 0 Å². The normalized spacial score (nSPS) is 10.6. The van der Waals surface area contributed by atoms with Gasteiger partial charge in [-0.2, -0.15) is 5.10 Å². The molecule has 1 heterocycles. The third kappa shape index (κ3) is 2.90. The summed E-state index contributed by atoms with van der Waals surface area (Å²) in [6, 6.07) is 6.23. The molecule has 3 nitrogen and oxygen atoms in total. The highest BCUT2D eigenvalue weighted by atomic mass is 79.9. The SMILES string of the molecule is Cc1n[nH]c(C)c1NCc1ccc(Br)c(Br)c1. The van der Waals surface area contributed by atoms with Gasteiger partial charge >= 0.3 is 0 Å². The Hall–Kier alpha value is -0.810. The maximum Gasteiger partial charge on any atom is 0.0825 e. The van der Waals surface area contributed by atoms with Crippen molar-refractivity contribution in [2.24, 2.45) is 0 Å². The van der Waals surface area contributed by atoms with Gasteiger partial charge in [0.1, 0.15) is 0 Å². The largest absolute Gasteiger partial charge is 0.378 e. The second-order valence-electron chi connectivity index (χ2n) is 3.91. The van der Waals surface area contributed by atoms with Gasteiger partial charge in [0, 0.05) is 15.5 Å². The number of anilines is 1. The lowest BCUT2D eigenvalue weighted by Crippen LogP contribution is -2.01. The van der Waals surface area contributed by atoms with Crippen LogP contribution >= 0.6 is 31.9 Å². The van der Waals surface area contributed by atoms with Gasteiger partial charge in [0.05, 0.1) is 17.1 Å². The lowest BCUT2D eigenvalue weighted by molar-refractivity contribution is 1.02. The molecule has 0 atom stereocenters. The third-order valence-electron chi connectivity index (χ3n) is 2.58. The maximum atomic E-state index is 4.16. The molecule has 0 fully saturated rings. The number of halogens is 2. The fourth-order valence-corrected chi connectivity index (χ4v) is 2.32. The predicted octanol–water partition coefficient (Wildman–Crippen LogP) is 4.16. The van der Waals surface area contributed by atoms with Crippen molar-refractivity contribution >= 4 is 37.5 Å². The number of nitrogens with zero attached hydrogens (tertiary/aromatic N) is 1. The molecule has 0 aliphatic rings. The van der Waals surface area contributed by atoms with E-state index in [0.717, 1.165) is 32.6 Å². The maximum absolute atomic E-state index is 4.16. The molecule has 0 amide bonds. The van der Waals surface area contributed by atoms with Gasteiger partial charge in [-0.3, -0.25) is 5.10 Å². The van der Waals surface area contributed by atoms with Crippen LogP contribution in [0.15, 0.2) is 27.1 Å². The molecule has 0 aliphatic carbocycles. The minimum absolute atomic E-state index is 0.785. The van der Waals surface area contributed by atoms with Gasteiger partial charge in [0.25, 0.3) is 0 Å². The van der Waals surface area contributed by atoms with Gasteiger partial charge in [-0.25, -0.2) is 0 Å². The molecule has 0 unspecified atom stereocenters. The van der Waals surface area contributed by atoms with Gasteiger partial charge in [0.15, 0.2) is 0 Å². The highest BCUT2D eigenvalue weighted by Crippen LogP contribution is 2.24. The quantitative estimate of drug-likeness (QED) is 0.864. The molecule has 2 aromatic rings. The van der Waals surface area contributed by atoms with E-state index in [1.54, 1.807) is 0 Å². The van der Waals surface area contributed by atoms with E-state index in [1.807, 2.05) is 19.9 Å². The number of benzene rings is 1. The van der Waals surface area contributed by atoms with Gasteiger partial charge in [-0.1, -0.05) is 6.07 Å². The molecule has 0 spiro atoms. The lowest BCUT2D eigenvalue weighted by Gasteiger charge is -2.07. The zero-order valence-corrected chi connectivity index (χ0v) is 12.8. The summed E-state index contributed by atoms with van der Waals surface area (Å²) in [6.45, 7) is 4.79. The second-order valence-corrected chi connectivity index (χ2v) is 5.62. The summed E-state index contributed by atoms with van der Waals surface area (Å²) in [5.74, 6) is 0. The van der Waals surface area contributed by atoms with Crippen LogP contribution < -0.4 is 5.32 Å². The Kier molecular flexibility index (Phi) is 3.89. The molecule has 5 heteroatoms. The molecule has 17 heavy (non-hydrogen) atoms. The average molecular weight is 359 g/mol. The Bertz CT molecular complexity index is 515. The van der Waals surface area contributed by atoms with Crippen molar-refractivity contribution in [1.29, 1.82) is 0 Å². The van der Waals surface area contributed by atoms with E-state index in [0.29, 0.717) is 0 Å². The van der Waals surface area contributed by atoms with E-state index in [2.05, 4.69) is 59.5 Å². The first-order valence-corrected chi connectivity index (χ1v) is 6.86. The highest BCUT2D eigenvalue weighted by molar-refractivity contribution is 9.13. The Morgan fingerprint density at radius 3 is 2.59 bits per heavy atom. The zero-order valence-electron chi connectivity index (χ0n) is 9.64. The van der Waals surface area contributed by atoms with Crippen LogP contribution in [-0.4, -0.2) is 10.2 Å². The van der Waals surface area contributed by atoms with E-state index in [-0.39, 0.29) is 0 Å². The van der Waals surface area contributed by atoms with Crippen LogP contribution in [0.5, 0.6) is 0 Å². The minimum Gasteiger partial charge on any atom is -0.378 e. The fourth-order valence-electron chi connectivity index (χ4n) is 1.65. The first-order valence-electron chi connectivity index (χ1n) is 5.27. The van der Waals surface area contributed by atoms with Crippen molar-refractivity contribution in [1.82, 2.24) is 10.2 Å². The van der Waals surface area contributed by atoms with Crippen molar-refractivity contribution in [3.8, 4) is 0 Å². The number of hydrogen-bond acceptors (Lipinski definition) is 2. The summed E-state index contributed by atoms with van der Waals surface area (Å²) in [5.41, 5.74) is 4.38. The number of aromatic nitrogens is 2. The molecule has 0 radical (unpaired) electrons. The molecule has 2 rings (SSSR count). The first-order chi connectivity index (χ1) is 8.08. The minimum atomic E-state index is 0.785. The molecule has 1 aromatic heterocycles. The highest BCUT2D eigenvalue weighted by Gasteiger charge is 2.05. The topological polar surface area (TPSA) is 40.7 Å². The molecular formula is C12H13Br2N3. The Balaban J connectivity index is 2.10. The Labute approximate surface area is 117 Å². The molecule has 0 saturated heterocycles. The summed E-state index contributed by atoms with van der Waals surface area (Å²) in [4.78, 5) is 0. The Morgan fingerprint density at radius 2 is 2.00 bits per heavy atom. The molecule has 90 valence electrons. The molecule has 0 saturated carbocycles. The number of rotatable bonds is 3. The van der Waals surface area contributed by atoms with Crippen LogP contribution in [0.4, 0.5) is 5.69 Å². The van der Waals surface area contributed by atoms with Crippen molar-refractivity contribution < 1.29 is 0 Å². The predicted molar refractivity (Wildman–Crippen MR) is 77.2 cm³/mol. The van der Waals surface area contributed by atoms with E-state index >= 15 is 0 Å². The summed E-state index contributed by atoms with van der Waals surface area (Å²) in [7, 11) is 0. The number of aryl methyl sites for hydroxylation is 2. The Morgan fingerprint density at radius 1 is 1.24 bits per heavy atom. The van der Waals surface area contributed by atoms with Crippen molar-refractivity contribution in [3.05, 3.63) is 44.1 Å². The van der Waals surface area contributed by atoms with Gasteiger partial charge < -0.3 is 5.32 Å². The van der Waals surface area contributed by atoms with Crippen LogP contribution in [0.25, 0.3) is 0 Å². The van der Waals surface area contributed by atoms with Crippen LogP contribution in [0.2, 0.25) is 0 Å². The average Bonchev–Trinajstić information content (AvgIpc) is 2.61. The summed E-state index contributed by atoms with van der Waals surface area (Å²) < 4.78 is 2.13. The van der Waals surface area contributed by atoms with Crippen LogP contribution in [0.3, 0.4) is 0 Å². The van der Waals surface area contributed by atoms with E-state index in [4.69, 9.17) is 0 Å². The van der Waals surface area contributed by atoms with Crippen molar-refractivity contribution in [3.63, 3.8) is 0 Å². The standard InChI is InChI=1S/C12H13Br2N3/c1-7-12(8(2)17-16-7)15-6-9-3-4-10(13)11(14)5-9/h3-5,15H,6H2,1-2H3,(H,16,17). The van der Waals surface area contributed by atoms with Gasteiger partial charge in [-0.15, -0.1) is 0 Å². The molecule has 0 aliphatic heterocycles. The summed E-state index contributed by atoms with van der Waals surface area (Å²) >= 11 is 6.96. The number of hydrogen-bond donors (Lipinski definition) is 2. The van der Waals surface area contributed by atoms with Crippen LogP contribution in [0.1, 0.15) is 17.0 Å². The number of nitrogens with one attached hydrogen (secondary N) is 2. The third-order valence-corrected chi connectivity index (χ3v) is 4.46. The van der Waals surface area contributed by atoms with E-state index < -0.39 is 0 Å². The summed E-state index contributed by atoms with van der Waals surface area (Å²) in [5, 5.41) is 10.5. The first kappa shape index (κ1) is 12.6. The molecule has 1 aromatic carbocycles.